The van der Waals surface area contributed by atoms with Gasteiger partial charge < -0.3 is 9.47 Å². The maximum absolute atomic E-state index is 5.81. The number of hydrogen-bond donors (Lipinski definition) is 0. The van der Waals surface area contributed by atoms with Gasteiger partial charge in [0.05, 0.1) is 12.7 Å². The van der Waals surface area contributed by atoms with Crippen molar-refractivity contribution in [3.8, 4) is 0 Å². The molecule has 2 heteroatoms. The van der Waals surface area contributed by atoms with Gasteiger partial charge in [0.15, 0.2) is 0 Å². The summed E-state index contributed by atoms with van der Waals surface area (Å²) in [4.78, 5) is 0. The summed E-state index contributed by atoms with van der Waals surface area (Å²) in [6.07, 6.45) is 16.5. The van der Waals surface area contributed by atoms with E-state index in [1.807, 2.05) is 24.3 Å². The van der Waals surface area contributed by atoms with E-state index in [4.69, 9.17) is 9.47 Å². The van der Waals surface area contributed by atoms with E-state index in [9.17, 15) is 0 Å². The van der Waals surface area contributed by atoms with Crippen LogP contribution >= 0.6 is 0 Å². The molecule has 0 radical (unpaired) electrons. The van der Waals surface area contributed by atoms with Crippen LogP contribution in [0.4, 0.5) is 0 Å². The van der Waals surface area contributed by atoms with Gasteiger partial charge in [-0.05, 0) is 42.9 Å². The van der Waals surface area contributed by atoms with Crippen molar-refractivity contribution >= 4 is 0 Å². The fraction of sp³-hybridized carbons (Fsp3) is 0.429. The predicted octanol–water partition coefficient (Wildman–Crippen LogP) is 5.77. The van der Waals surface area contributed by atoms with Gasteiger partial charge >= 0.3 is 0 Å². The summed E-state index contributed by atoms with van der Waals surface area (Å²) in [6.45, 7) is 16.3. The van der Waals surface area contributed by atoms with Crippen LogP contribution in [-0.2, 0) is 9.47 Å². The molecule has 0 fully saturated rings. The van der Waals surface area contributed by atoms with Crippen LogP contribution in [0.5, 0.6) is 0 Å². The average molecular weight is 316 g/mol. The van der Waals surface area contributed by atoms with E-state index in [-0.39, 0.29) is 0 Å². The highest BCUT2D eigenvalue weighted by molar-refractivity contribution is 5.34. The van der Waals surface area contributed by atoms with E-state index < -0.39 is 0 Å². The highest BCUT2D eigenvalue weighted by Gasteiger charge is 2.09. The molecule has 0 amide bonds. The Hall–Kier alpha value is -1.80. The minimum atomic E-state index is 0.351. The third-order valence-electron chi connectivity index (χ3n) is 3.60. The van der Waals surface area contributed by atoms with E-state index in [2.05, 4.69) is 33.6 Å². The summed E-state index contributed by atoms with van der Waals surface area (Å²) >= 11 is 0. The van der Waals surface area contributed by atoms with Crippen LogP contribution in [0.1, 0.15) is 33.1 Å². The van der Waals surface area contributed by atoms with Gasteiger partial charge in [0.1, 0.15) is 5.76 Å². The van der Waals surface area contributed by atoms with Gasteiger partial charge in [0, 0.05) is 7.11 Å². The maximum Gasteiger partial charge on any atom is 0.118 e. The molecule has 0 bridgehead atoms. The van der Waals surface area contributed by atoms with Crippen molar-refractivity contribution in [3.05, 3.63) is 73.6 Å². The zero-order valence-corrected chi connectivity index (χ0v) is 15.0. The second-order valence-corrected chi connectivity index (χ2v) is 5.50. The molecule has 0 rings (SSSR count). The first-order chi connectivity index (χ1) is 11.1. The molecule has 0 saturated heterocycles. The Kier molecular flexibility index (Phi) is 12.8. The lowest BCUT2D eigenvalue weighted by atomic mass is 10.0. The van der Waals surface area contributed by atoms with Crippen molar-refractivity contribution in [1.29, 1.82) is 0 Å². The molecule has 0 aromatic rings. The molecular weight excluding hydrogens is 284 g/mol. The number of rotatable bonds is 13. The summed E-state index contributed by atoms with van der Waals surface area (Å²) in [5.74, 6) is 1.25. The molecule has 0 aromatic carbocycles. The van der Waals surface area contributed by atoms with Crippen molar-refractivity contribution in [2.24, 2.45) is 5.92 Å². The van der Waals surface area contributed by atoms with E-state index in [1.54, 1.807) is 25.3 Å². The normalized spacial score (nSPS) is 15.3. The van der Waals surface area contributed by atoms with E-state index in [0.29, 0.717) is 18.6 Å². The number of hydrogen-bond acceptors (Lipinski definition) is 2. The highest BCUT2D eigenvalue weighted by atomic mass is 16.5. The molecule has 0 N–H and O–H groups in total. The Morgan fingerprint density at radius 2 is 1.83 bits per heavy atom. The molecule has 0 aliphatic carbocycles. The van der Waals surface area contributed by atoms with Crippen LogP contribution in [0.2, 0.25) is 0 Å². The third kappa shape index (κ3) is 10.5. The van der Waals surface area contributed by atoms with Crippen LogP contribution in [0.25, 0.3) is 0 Å². The summed E-state index contributed by atoms with van der Waals surface area (Å²) in [6, 6.07) is 0. The van der Waals surface area contributed by atoms with E-state index in [0.717, 1.165) is 30.6 Å². The van der Waals surface area contributed by atoms with Gasteiger partial charge in [-0.1, -0.05) is 64.0 Å². The van der Waals surface area contributed by atoms with Gasteiger partial charge in [0.2, 0.25) is 0 Å². The van der Waals surface area contributed by atoms with Gasteiger partial charge in [-0.25, -0.2) is 0 Å². The lowest BCUT2D eigenvalue weighted by Gasteiger charge is -2.17. The minimum Gasteiger partial charge on any atom is -0.493 e. The van der Waals surface area contributed by atoms with Crippen LogP contribution in [0.15, 0.2) is 73.6 Å². The Bertz CT molecular complexity index is 437. The first kappa shape index (κ1) is 21.2. The van der Waals surface area contributed by atoms with Crippen molar-refractivity contribution in [2.45, 2.75) is 39.2 Å². The first-order valence-corrected chi connectivity index (χ1v) is 8.22. The summed E-state index contributed by atoms with van der Waals surface area (Å²) < 4.78 is 11.2. The van der Waals surface area contributed by atoms with Crippen LogP contribution in [-0.4, -0.2) is 19.8 Å². The Morgan fingerprint density at radius 3 is 2.35 bits per heavy atom. The molecule has 0 aliphatic heterocycles. The highest BCUT2D eigenvalue weighted by Crippen LogP contribution is 2.14. The molecule has 128 valence electrons. The summed E-state index contributed by atoms with van der Waals surface area (Å²) in [5, 5.41) is 0. The first-order valence-electron chi connectivity index (χ1n) is 8.22. The average Bonchev–Trinajstić information content (AvgIpc) is 2.57. The maximum atomic E-state index is 5.81. The smallest absolute Gasteiger partial charge is 0.118 e. The predicted molar refractivity (Wildman–Crippen MR) is 101 cm³/mol. The van der Waals surface area contributed by atoms with Gasteiger partial charge in [-0.3, -0.25) is 0 Å². The van der Waals surface area contributed by atoms with E-state index >= 15 is 0 Å². The third-order valence-corrected chi connectivity index (χ3v) is 3.60. The SMILES string of the molecule is C=C/C=C(C=C)/C=C/C=C(\C=C)OCC(C)CCC(CC)OC. The number of allylic oxidation sites excluding steroid dienone is 8. The Morgan fingerprint density at radius 1 is 1.09 bits per heavy atom. The zero-order valence-electron chi connectivity index (χ0n) is 15.0. The van der Waals surface area contributed by atoms with Crippen LogP contribution in [0, 0.1) is 5.92 Å². The van der Waals surface area contributed by atoms with Crippen molar-refractivity contribution in [3.63, 3.8) is 0 Å². The Labute approximate surface area is 142 Å². The number of ether oxygens (including phenoxy) is 2. The minimum absolute atomic E-state index is 0.351. The second kappa shape index (κ2) is 13.8. The largest absolute Gasteiger partial charge is 0.493 e. The molecule has 0 aromatic heterocycles. The fourth-order valence-electron chi connectivity index (χ4n) is 2.04. The summed E-state index contributed by atoms with van der Waals surface area (Å²) in [7, 11) is 1.78. The molecule has 0 heterocycles. The van der Waals surface area contributed by atoms with Crippen LogP contribution < -0.4 is 0 Å². The van der Waals surface area contributed by atoms with Gasteiger partial charge in [-0.2, -0.15) is 0 Å². The monoisotopic (exact) mass is 316 g/mol. The fourth-order valence-corrected chi connectivity index (χ4v) is 2.04. The van der Waals surface area contributed by atoms with Crippen molar-refractivity contribution in [1.82, 2.24) is 0 Å². The van der Waals surface area contributed by atoms with Crippen LogP contribution in [0.3, 0.4) is 0 Å². The lowest BCUT2D eigenvalue weighted by molar-refractivity contribution is 0.0808. The molecular formula is C21H32O2. The standard InChI is InChI=1S/C21H32O2/c1-7-12-19(8-2)13-11-14-21(10-4)23-17-18(5)15-16-20(9-3)22-6/h7-8,10-14,18,20H,1-2,4,9,15-17H2,3,5-6H3/b13-11+,19-12+,21-14+. The second-order valence-electron chi connectivity index (χ2n) is 5.50. The molecule has 2 unspecified atom stereocenters. The molecule has 23 heavy (non-hydrogen) atoms. The number of methoxy groups -OCH3 is 1. The Balaban J connectivity index is 4.37. The molecule has 0 saturated carbocycles. The van der Waals surface area contributed by atoms with Crippen molar-refractivity contribution < 1.29 is 9.47 Å². The molecule has 0 aliphatic rings. The topological polar surface area (TPSA) is 18.5 Å². The molecule has 2 atom stereocenters. The lowest BCUT2D eigenvalue weighted by Crippen LogP contribution is -2.13. The molecule has 2 nitrogen and oxygen atoms in total. The summed E-state index contributed by atoms with van der Waals surface area (Å²) in [5.41, 5.74) is 0.998. The van der Waals surface area contributed by atoms with Crippen molar-refractivity contribution in [2.75, 3.05) is 13.7 Å². The van der Waals surface area contributed by atoms with Gasteiger partial charge in [-0.15, -0.1) is 0 Å². The van der Waals surface area contributed by atoms with Gasteiger partial charge in [0.25, 0.3) is 0 Å². The molecule has 0 spiro atoms. The van der Waals surface area contributed by atoms with E-state index in [1.165, 1.54) is 0 Å². The quantitative estimate of drug-likeness (QED) is 0.317. The zero-order chi connectivity index (χ0) is 17.5.